The fourth-order valence-electron chi connectivity index (χ4n) is 1.83. The number of hydrogen-bond donors (Lipinski definition) is 1. The zero-order valence-corrected chi connectivity index (χ0v) is 9.63. The smallest absolute Gasteiger partial charge is 0.129 e. The van der Waals surface area contributed by atoms with Gasteiger partial charge in [0.2, 0.25) is 0 Å². The van der Waals surface area contributed by atoms with Crippen molar-refractivity contribution in [1.29, 1.82) is 0 Å². The van der Waals surface area contributed by atoms with Crippen molar-refractivity contribution in [1.82, 2.24) is 4.98 Å². The van der Waals surface area contributed by atoms with Gasteiger partial charge in [0.05, 0.1) is 0 Å². The highest BCUT2D eigenvalue weighted by Crippen LogP contribution is 2.30. The van der Waals surface area contributed by atoms with E-state index in [1.807, 2.05) is 12.3 Å². The average molecular weight is 228 g/mol. The molecule has 80 valence electrons. The third-order valence-electron chi connectivity index (χ3n) is 2.61. The first-order valence-corrected chi connectivity index (χ1v) is 6.19. The van der Waals surface area contributed by atoms with Crippen molar-refractivity contribution in [2.45, 2.75) is 16.2 Å². The van der Waals surface area contributed by atoms with Gasteiger partial charge in [-0.15, -0.1) is 0 Å². The molecule has 1 aliphatic rings. The average Bonchev–Trinajstić information content (AvgIpc) is 2.77. The van der Waals surface area contributed by atoms with Gasteiger partial charge in [0, 0.05) is 22.5 Å². The summed E-state index contributed by atoms with van der Waals surface area (Å²) in [5.41, 5.74) is 1.33. The van der Waals surface area contributed by atoms with Gasteiger partial charge in [0.25, 0.3) is 0 Å². The van der Waals surface area contributed by atoms with Crippen molar-refractivity contribution >= 4 is 17.6 Å². The van der Waals surface area contributed by atoms with Gasteiger partial charge in [0.15, 0.2) is 0 Å². The Kier molecular flexibility index (Phi) is 2.54. The summed E-state index contributed by atoms with van der Waals surface area (Å²) in [6.45, 7) is 1.02. The van der Waals surface area contributed by atoms with Gasteiger partial charge >= 0.3 is 0 Å². The van der Waals surface area contributed by atoms with E-state index >= 15 is 0 Å². The maximum atomic E-state index is 4.42. The molecule has 0 aliphatic carbocycles. The Balaban J connectivity index is 1.86. The highest BCUT2D eigenvalue weighted by molar-refractivity contribution is 7.99. The van der Waals surface area contributed by atoms with Crippen LogP contribution in [-0.2, 0) is 6.42 Å². The lowest BCUT2D eigenvalue weighted by Crippen LogP contribution is -1.92. The van der Waals surface area contributed by atoms with Crippen LogP contribution in [0.25, 0.3) is 0 Å². The number of pyridine rings is 1. The largest absolute Gasteiger partial charge is 0.370 e. The minimum absolute atomic E-state index is 1.02. The van der Waals surface area contributed by atoms with Crippen molar-refractivity contribution in [3.63, 3.8) is 0 Å². The highest BCUT2D eigenvalue weighted by Gasteiger charge is 2.11. The molecule has 0 atom stereocenters. The third kappa shape index (κ3) is 1.91. The lowest BCUT2D eigenvalue weighted by atomic mass is 10.2. The molecule has 1 N–H and O–H groups in total. The summed E-state index contributed by atoms with van der Waals surface area (Å²) in [5, 5.41) is 3.27. The van der Waals surface area contributed by atoms with Gasteiger partial charge in [0.1, 0.15) is 5.82 Å². The van der Waals surface area contributed by atoms with Crippen LogP contribution in [0, 0.1) is 0 Å². The standard InChI is InChI=1S/C13H12N2S/c1-2-4-11(5-3-1)16-12-8-10-6-7-14-13(10)15-9-12/h1-5,8-9H,6-7H2,(H,14,15). The molecule has 2 aromatic rings. The molecule has 0 spiro atoms. The first-order valence-electron chi connectivity index (χ1n) is 5.37. The summed E-state index contributed by atoms with van der Waals surface area (Å²) >= 11 is 1.76. The molecule has 3 rings (SSSR count). The molecule has 1 aromatic heterocycles. The molecule has 0 amide bonds. The molecular weight excluding hydrogens is 216 g/mol. The lowest BCUT2D eigenvalue weighted by Gasteiger charge is -2.03. The summed E-state index contributed by atoms with van der Waals surface area (Å²) in [7, 11) is 0. The Hall–Kier alpha value is -1.48. The molecule has 0 saturated carbocycles. The Bertz CT molecular complexity index is 497. The minimum atomic E-state index is 1.02. The van der Waals surface area contributed by atoms with Gasteiger partial charge < -0.3 is 5.32 Å². The van der Waals surface area contributed by atoms with Crippen molar-refractivity contribution in [2.24, 2.45) is 0 Å². The lowest BCUT2D eigenvalue weighted by molar-refractivity contribution is 1.10. The SMILES string of the molecule is c1ccc(Sc2cnc3c(c2)CCN3)cc1. The molecule has 1 aliphatic heterocycles. The summed E-state index contributed by atoms with van der Waals surface area (Å²) in [6.07, 6.45) is 3.03. The zero-order valence-electron chi connectivity index (χ0n) is 8.81. The summed E-state index contributed by atoms with van der Waals surface area (Å²) in [4.78, 5) is 6.90. The maximum absolute atomic E-state index is 4.42. The van der Waals surface area contributed by atoms with Gasteiger partial charge in [-0.1, -0.05) is 30.0 Å². The predicted octanol–water partition coefficient (Wildman–Crippen LogP) is 3.20. The van der Waals surface area contributed by atoms with Crippen LogP contribution < -0.4 is 5.32 Å². The van der Waals surface area contributed by atoms with Crippen LogP contribution in [0.1, 0.15) is 5.56 Å². The minimum Gasteiger partial charge on any atom is -0.370 e. The molecule has 0 unspecified atom stereocenters. The van der Waals surface area contributed by atoms with Gasteiger partial charge in [-0.2, -0.15) is 0 Å². The van der Waals surface area contributed by atoms with Gasteiger partial charge in [-0.3, -0.25) is 0 Å². The quantitative estimate of drug-likeness (QED) is 0.854. The highest BCUT2D eigenvalue weighted by atomic mass is 32.2. The first-order chi connectivity index (χ1) is 7.92. The van der Waals surface area contributed by atoms with Crippen LogP contribution in [0.15, 0.2) is 52.4 Å². The van der Waals surface area contributed by atoms with Crippen LogP contribution in [0.5, 0.6) is 0 Å². The van der Waals surface area contributed by atoms with Crippen LogP contribution in [-0.4, -0.2) is 11.5 Å². The fraction of sp³-hybridized carbons (Fsp3) is 0.154. The third-order valence-corrected chi connectivity index (χ3v) is 3.57. The van der Waals surface area contributed by atoms with Gasteiger partial charge in [-0.25, -0.2) is 4.98 Å². The van der Waals surface area contributed by atoms with E-state index in [2.05, 4.69) is 40.6 Å². The summed E-state index contributed by atoms with van der Waals surface area (Å²) < 4.78 is 0. The number of hydrogen-bond acceptors (Lipinski definition) is 3. The molecule has 0 bridgehead atoms. The van der Waals surface area contributed by atoms with Crippen molar-refractivity contribution < 1.29 is 0 Å². The molecular formula is C13H12N2S. The fourth-order valence-corrected chi connectivity index (χ4v) is 2.71. The predicted molar refractivity (Wildman–Crippen MR) is 67.0 cm³/mol. The van der Waals surface area contributed by atoms with Gasteiger partial charge in [-0.05, 0) is 30.2 Å². The number of aromatic nitrogens is 1. The van der Waals surface area contributed by atoms with Crippen LogP contribution >= 0.6 is 11.8 Å². The topological polar surface area (TPSA) is 24.9 Å². The normalized spacial score (nSPS) is 13.2. The van der Waals surface area contributed by atoms with Crippen LogP contribution in [0.4, 0.5) is 5.82 Å². The molecule has 2 nitrogen and oxygen atoms in total. The van der Waals surface area contributed by atoms with Crippen LogP contribution in [0.3, 0.4) is 0 Å². The Labute approximate surface area is 99.1 Å². The van der Waals surface area contributed by atoms with E-state index in [9.17, 15) is 0 Å². The molecule has 0 fully saturated rings. The maximum Gasteiger partial charge on any atom is 0.129 e. The molecule has 3 heteroatoms. The number of nitrogens with zero attached hydrogens (tertiary/aromatic N) is 1. The van der Waals surface area contributed by atoms with Crippen molar-refractivity contribution in [3.8, 4) is 0 Å². The van der Waals surface area contributed by atoms with E-state index < -0.39 is 0 Å². The number of anilines is 1. The number of nitrogens with one attached hydrogen (secondary N) is 1. The van der Waals surface area contributed by atoms with E-state index in [1.54, 1.807) is 11.8 Å². The molecule has 16 heavy (non-hydrogen) atoms. The van der Waals surface area contributed by atoms with Crippen LogP contribution in [0.2, 0.25) is 0 Å². The Morgan fingerprint density at radius 3 is 2.88 bits per heavy atom. The molecule has 0 saturated heterocycles. The van der Waals surface area contributed by atoms with E-state index in [4.69, 9.17) is 0 Å². The summed E-state index contributed by atoms with van der Waals surface area (Å²) in [6, 6.07) is 12.6. The molecule has 1 aromatic carbocycles. The Morgan fingerprint density at radius 2 is 2.00 bits per heavy atom. The Morgan fingerprint density at radius 1 is 1.12 bits per heavy atom. The van der Waals surface area contributed by atoms with Crippen molar-refractivity contribution in [2.75, 3.05) is 11.9 Å². The second-order valence-electron chi connectivity index (χ2n) is 3.77. The summed E-state index contributed by atoms with van der Waals surface area (Å²) in [5.74, 6) is 1.05. The zero-order chi connectivity index (χ0) is 10.8. The molecule has 0 radical (unpaired) electrons. The first kappa shape index (κ1) is 9.73. The number of rotatable bonds is 2. The van der Waals surface area contributed by atoms with E-state index in [0.717, 1.165) is 18.8 Å². The van der Waals surface area contributed by atoms with E-state index in [1.165, 1.54) is 15.4 Å². The monoisotopic (exact) mass is 228 g/mol. The molecule has 2 heterocycles. The van der Waals surface area contributed by atoms with E-state index in [0.29, 0.717) is 0 Å². The second kappa shape index (κ2) is 4.18. The van der Waals surface area contributed by atoms with Crippen molar-refractivity contribution in [3.05, 3.63) is 48.2 Å². The number of fused-ring (bicyclic) bond motifs is 1. The second-order valence-corrected chi connectivity index (χ2v) is 4.92. The number of benzene rings is 1. The van der Waals surface area contributed by atoms with E-state index in [-0.39, 0.29) is 0 Å².